The lowest BCUT2D eigenvalue weighted by atomic mass is 9.99. The summed E-state index contributed by atoms with van der Waals surface area (Å²) in [6.07, 6.45) is 3.07. The van der Waals surface area contributed by atoms with Crippen LogP contribution in [0.4, 0.5) is 11.6 Å². The number of rotatable bonds is 4. The Hall–Kier alpha value is -3.95. The molecule has 0 unspecified atom stereocenters. The number of fused-ring (bicyclic) bond motifs is 3. The fourth-order valence-corrected chi connectivity index (χ4v) is 2.98. The highest BCUT2D eigenvalue weighted by molar-refractivity contribution is 6.32. The molecule has 1 amide bonds. The van der Waals surface area contributed by atoms with Gasteiger partial charge in [0.15, 0.2) is 11.5 Å². The summed E-state index contributed by atoms with van der Waals surface area (Å²) in [7, 11) is 6.89. The average molecular weight is 386 g/mol. The third-order valence-corrected chi connectivity index (χ3v) is 4.34. The molecule has 29 heavy (non-hydrogen) atoms. The summed E-state index contributed by atoms with van der Waals surface area (Å²) in [4.78, 5) is 34.6. The molecule has 4 heterocycles. The minimum absolute atomic E-state index is 0.0778. The quantitative estimate of drug-likeness (QED) is 0.520. The molecule has 1 N–H and O–H groups in total. The van der Waals surface area contributed by atoms with Crippen molar-refractivity contribution in [3.05, 3.63) is 60.6 Å². The SMILES string of the molecule is [B]c1ccc(NC(=O)CN2C(=C)c3cccnc3-n3nc(C(=O)OC)cc32)nc1. The number of amides is 1. The summed E-state index contributed by atoms with van der Waals surface area (Å²) in [5, 5.41) is 6.99. The molecule has 2 radical (unpaired) electrons. The van der Waals surface area contributed by atoms with Crippen molar-refractivity contribution in [3.63, 3.8) is 0 Å². The van der Waals surface area contributed by atoms with E-state index in [1.807, 2.05) is 6.07 Å². The van der Waals surface area contributed by atoms with Gasteiger partial charge >= 0.3 is 5.97 Å². The van der Waals surface area contributed by atoms with E-state index in [1.54, 1.807) is 29.3 Å². The van der Waals surface area contributed by atoms with E-state index in [0.29, 0.717) is 34.2 Å². The predicted octanol–water partition coefficient (Wildman–Crippen LogP) is 0.672. The highest BCUT2D eigenvalue weighted by Crippen LogP contribution is 2.35. The van der Waals surface area contributed by atoms with Crippen LogP contribution in [-0.4, -0.2) is 53.1 Å². The van der Waals surface area contributed by atoms with E-state index in [0.717, 1.165) is 0 Å². The van der Waals surface area contributed by atoms with E-state index < -0.39 is 5.97 Å². The maximum atomic E-state index is 12.6. The van der Waals surface area contributed by atoms with Crippen LogP contribution >= 0.6 is 0 Å². The largest absolute Gasteiger partial charge is 0.464 e. The molecular weight excluding hydrogens is 371 g/mol. The number of hydrogen-bond donors (Lipinski definition) is 1. The molecule has 1 aliphatic heterocycles. The zero-order valence-electron chi connectivity index (χ0n) is 15.5. The molecule has 0 saturated carbocycles. The third-order valence-electron chi connectivity index (χ3n) is 4.34. The van der Waals surface area contributed by atoms with E-state index >= 15 is 0 Å². The number of carbonyl (C=O) groups is 2. The zero-order chi connectivity index (χ0) is 20.5. The summed E-state index contributed by atoms with van der Waals surface area (Å²) in [6, 6.07) is 8.36. The summed E-state index contributed by atoms with van der Waals surface area (Å²) >= 11 is 0. The van der Waals surface area contributed by atoms with Gasteiger partial charge in [0.25, 0.3) is 0 Å². The van der Waals surface area contributed by atoms with Crippen LogP contribution in [0.1, 0.15) is 16.1 Å². The number of methoxy groups -OCH3 is 1. The van der Waals surface area contributed by atoms with Crippen LogP contribution in [0.3, 0.4) is 0 Å². The fourth-order valence-electron chi connectivity index (χ4n) is 2.98. The summed E-state index contributed by atoms with van der Waals surface area (Å²) in [6.45, 7) is 4.02. The Morgan fingerprint density at radius 1 is 1.28 bits per heavy atom. The van der Waals surface area contributed by atoms with Gasteiger partial charge in [-0.2, -0.15) is 9.78 Å². The molecule has 0 aliphatic carbocycles. The van der Waals surface area contributed by atoms with Gasteiger partial charge in [-0.1, -0.05) is 18.1 Å². The number of ether oxygens (including phenoxy) is 1. The van der Waals surface area contributed by atoms with Crippen molar-refractivity contribution in [2.45, 2.75) is 0 Å². The number of pyridine rings is 2. The maximum Gasteiger partial charge on any atom is 0.358 e. The molecule has 0 saturated heterocycles. The van der Waals surface area contributed by atoms with E-state index in [-0.39, 0.29) is 18.1 Å². The summed E-state index contributed by atoms with van der Waals surface area (Å²) in [5.41, 5.74) is 1.84. The molecule has 9 nitrogen and oxygen atoms in total. The first-order chi connectivity index (χ1) is 14.0. The highest BCUT2D eigenvalue weighted by Gasteiger charge is 2.31. The number of esters is 1. The van der Waals surface area contributed by atoms with Crippen molar-refractivity contribution in [1.82, 2.24) is 19.7 Å². The number of aromatic nitrogens is 4. The lowest BCUT2D eigenvalue weighted by molar-refractivity contribution is -0.114. The van der Waals surface area contributed by atoms with Crippen molar-refractivity contribution in [3.8, 4) is 5.82 Å². The number of carbonyl (C=O) groups excluding carboxylic acids is 2. The van der Waals surface area contributed by atoms with Crippen LogP contribution in [0.25, 0.3) is 11.5 Å². The molecule has 0 aromatic carbocycles. The summed E-state index contributed by atoms with van der Waals surface area (Å²) < 4.78 is 6.25. The van der Waals surface area contributed by atoms with Gasteiger partial charge in [0.2, 0.25) is 5.91 Å². The lowest BCUT2D eigenvalue weighted by Crippen LogP contribution is -2.36. The van der Waals surface area contributed by atoms with Crippen LogP contribution in [0.5, 0.6) is 0 Å². The monoisotopic (exact) mass is 386 g/mol. The molecule has 3 aromatic rings. The van der Waals surface area contributed by atoms with Crippen LogP contribution < -0.4 is 15.7 Å². The second-order valence-corrected chi connectivity index (χ2v) is 6.22. The third kappa shape index (κ3) is 3.36. The van der Waals surface area contributed by atoms with Crippen molar-refractivity contribution < 1.29 is 14.3 Å². The molecular formula is C19H15BN6O3. The first kappa shape index (κ1) is 18.4. The topological polar surface area (TPSA) is 102 Å². The molecule has 0 atom stereocenters. The normalized spacial score (nSPS) is 12.2. The van der Waals surface area contributed by atoms with Crippen LogP contribution in [0, 0.1) is 0 Å². The number of hydrogen-bond acceptors (Lipinski definition) is 7. The fraction of sp³-hybridized carbons (Fsp3) is 0.105. The number of nitrogens with one attached hydrogen (secondary N) is 1. The molecule has 10 heteroatoms. The van der Waals surface area contributed by atoms with Crippen molar-refractivity contribution in [1.29, 1.82) is 0 Å². The Bertz CT molecular complexity index is 1130. The summed E-state index contributed by atoms with van der Waals surface area (Å²) in [5.74, 6) is 0.438. The van der Waals surface area contributed by atoms with E-state index in [2.05, 4.69) is 27.0 Å². The molecule has 0 spiro atoms. The van der Waals surface area contributed by atoms with Gasteiger partial charge in [-0.15, -0.1) is 0 Å². The number of anilines is 2. The second kappa shape index (κ2) is 7.23. The van der Waals surface area contributed by atoms with Crippen molar-refractivity contribution in [2.75, 3.05) is 23.9 Å². The maximum absolute atomic E-state index is 12.6. The second-order valence-electron chi connectivity index (χ2n) is 6.22. The van der Waals surface area contributed by atoms with Gasteiger partial charge in [0, 0.05) is 29.7 Å². The number of nitrogens with zero attached hydrogens (tertiary/aromatic N) is 5. The Labute approximate surface area is 167 Å². The smallest absolute Gasteiger partial charge is 0.358 e. The van der Waals surface area contributed by atoms with E-state index in [9.17, 15) is 9.59 Å². The minimum Gasteiger partial charge on any atom is -0.464 e. The van der Waals surface area contributed by atoms with Gasteiger partial charge in [-0.25, -0.2) is 14.8 Å². The van der Waals surface area contributed by atoms with E-state index in [1.165, 1.54) is 24.1 Å². The van der Waals surface area contributed by atoms with Crippen LogP contribution in [0.15, 0.2) is 49.3 Å². The van der Waals surface area contributed by atoms with Gasteiger partial charge in [-0.05, 0) is 18.2 Å². The predicted molar refractivity (Wildman–Crippen MR) is 107 cm³/mol. The molecule has 0 fully saturated rings. The van der Waals surface area contributed by atoms with Crippen LogP contribution in [0.2, 0.25) is 0 Å². The van der Waals surface area contributed by atoms with Crippen molar-refractivity contribution >= 4 is 42.5 Å². The van der Waals surface area contributed by atoms with Crippen molar-refractivity contribution in [2.24, 2.45) is 0 Å². The van der Waals surface area contributed by atoms with Crippen LogP contribution in [-0.2, 0) is 9.53 Å². The lowest BCUT2D eigenvalue weighted by Gasteiger charge is -2.31. The Morgan fingerprint density at radius 2 is 2.10 bits per heavy atom. The molecule has 4 rings (SSSR count). The first-order valence-corrected chi connectivity index (χ1v) is 8.60. The first-order valence-electron chi connectivity index (χ1n) is 8.60. The van der Waals surface area contributed by atoms with Gasteiger partial charge in [0.05, 0.1) is 7.11 Å². The zero-order valence-corrected chi connectivity index (χ0v) is 15.5. The minimum atomic E-state index is -0.592. The van der Waals surface area contributed by atoms with E-state index in [4.69, 9.17) is 12.6 Å². The Kier molecular flexibility index (Phi) is 4.59. The Balaban J connectivity index is 1.67. The molecule has 3 aromatic heterocycles. The van der Waals surface area contributed by atoms with Gasteiger partial charge in [-0.3, -0.25) is 4.79 Å². The average Bonchev–Trinajstić information content (AvgIpc) is 3.18. The Morgan fingerprint density at radius 3 is 2.83 bits per heavy atom. The van der Waals surface area contributed by atoms with Gasteiger partial charge in [0.1, 0.15) is 26.0 Å². The molecule has 0 bridgehead atoms. The molecule has 142 valence electrons. The highest BCUT2D eigenvalue weighted by atomic mass is 16.5. The van der Waals surface area contributed by atoms with Gasteiger partial charge < -0.3 is 15.0 Å². The molecule has 1 aliphatic rings. The standard InChI is InChI=1S/C19H15BN6O3/c1-11-13-4-3-7-21-18(13)26-17(8-14(24-26)19(28)29-2)25(11)10-16(27)23-15-6-5-12(20)9-22-15/h3-9H,1,10H2,2H3,(H,22,23,27).